The molecule has 0 atom stereocenters. The summed E-state index contributed by atoms with van der Waals surface area (Å²) in [6.45, 7) is 4.51. The van der Waals surface area contributed by atoms with E-state index in [4.69, 9.17) is 9.97 Å². The Bertz CT molecular complexity index is 2010. The van der Waals surface area contributed by atoms with Crippen LogP contribution >= 0.6 is 0 Å². The zero-order chi connectivity index (χ0) is 28.1. The molecule has 3 heterocycles. The van der Waals surface area contributed by atoms with Gasteiger partial charge in [0.15, 0.2) is 0 Å². The Hall–Kier alpha value is -5.47. The number of anilines is 3. The van der Waals surface area contributed by atoms with Crippen molar-refractivity contribution in [1.29, 1.82) is 5.26 Å². The molecule has 4 aromatic carbocycles. The monoisotopic (exact) mass is 530 g/mol. The van der Waals surface area contributed by atoms with Crippen molar-refractivity contribution in [2.45, 2.75) is 19.3 Å². The molecule has 1 aliphatic heterocycles. The van der Waals surface area contributed by atoms with Crippen LogP contribution in [0.1, 0.15) is 30.5 Å². The Morgan fingerprint density at radius 1 is 0.732 bits per heavy atom. The fourth-order valence-electron chi connectivity index (χ4n) is 5.94. The fraction of sp³-hybridized carbons (Fsp3) is 0.0833. The van der Waals surface area contributed by atoms with Crippen LogP contribution in [0.3, 0.4) is 0 Å². The Balaban J connectivity index is 1.44. The van der Waals surface area contributed by atoms with Gasteiger partial charge in [0.1, 0.15) is 17.1 Å². The molecule has 0 bridgehead atoms. The highest BCUT2D eigenvalue weighted by Gasteiger charge is 2.37. The van der Waals surface area contributed by atoms with Gasteiger partial charge in [0.05, 0.1) is 28.7 Å². The van der Waals surface area contributed by atoms with E-state index in [9.17, 15) is 10.4 Å². The van der Waals surface area contributed by atoms with Crippen LogP contribution in [0.2, 0.25) is 0 Å². The number of para-hydroxylation sites is 1. The summed E-state index contributed by atoms with van der Waals surface area (Å²) in [5.74, 6) is 0.882. The highest BCUT2D eigenvalue weighted by atomic mass is 16.3. The van der Waals surface area contributed by atoms with Gasteiger partial charge in [-0.05, 0) is 70.8 Å². The van der Waals surface area contributed by atoms with E-state index in [2.05, 4.69) is 85.5 Å². The number of aromatic hydroxyl groups is 1. The second-order valence-corrected chi connectivity index (χ2v) is 10.8. The van der Waals surface area contributed by atoms with Crippen LogP contribution in [-0.4, -0.2) is 15.1 Å². The topological polar surface area (TPSA) is 73.0 Å². The first kappa shape index (κ1) is 24.6. The molecule has 0 saturated carbocycles. The Morgan fingerprint density at radius 3 is 2.34 bits per heavy atom. The van der Waals surface area contributed by atoms with Gasteiger partial charge in [0.25, 0.3) is 0 Å². The molecule has 1 aliphatic rings. The van der Waals surface area contributed by atoms with Gasteiger partial charge in [0, 0.05) is 22.6 Å². The predicted octanol–water partition coefficient (Wildman–Crippen LogP) is 8.65. The third-order valence-electron chi connectivity index (χ3n) is 8.06. The van der Waals surface area contributed by atoms with Crippen LogP contribution in [-0.2, 0) is 5.41 Å². The lowest BCUT2D eigenvalue weighted by atomic mass is 9.73. The highest BCUT2D eigenvalue weighted by molar-refractivity contribution is 5.92. The molecule has 0 unspecified atom stereocenters. The van der Waals surface area contributed by atoms with Crippen molar-refractivity contribution in [3.05, 3.63) is 132 Å². The van der Waals surface area contributed by atoms with E-state index in [1.54, 1.807) is 6.07 Å². The van der Waals surface area contributed by atoms with E-state index in [0.29, 0.717) is 22.2 Å². The van der Waals surface area contributed by atoms with Gasteiger partial charge in [-0.3, -0.25) is 4.90 Å². The molecule has 0 aliphatic carbocycles. The Morgan fingerprint density at radius 2 is 1.51 bits per heavy atom. The third-order valence-corrected chi connectivity index (χ3v) is 8.06. The van der Waals surface area contributed by atoms with Crippen LogP contribution in [0.4, 0.5) is 17.2 Å². The lowest BCUT2D eigenvalue weighted by Crippen LogP contribution is -2.31. The fourth-order valence-corrected chi connectivity index (χ4v) is 5.94. The number of hydrogen-bond acceptors (Lipinski definition) is 5. The average molecular weight is 531 g/mol. The molecule has 2 aromatic heterocycles. The molecule has 0 saturated heterocycles. The SMILES string of the molecule is CC1(C)c2ccccc2N(c2cc(-c3ccccc3)ccn2)c2cc(-c3ccc4c(C#N)ccc(O)c4n3)ccc21. The lowest BCUT2D eigenvalue weighted by molar-refractivity contribution is 0.480. The minimum atomic E-state index is -0.241. The number of hydrogen-bond donors (Lipinski definition) is 1. The maximum absolute atomic E-state index is 10.6. The zero-order valence-corrected chi connectivity index (χ0v) is 22.7. The van der Waals surface area contributed by atoms with Gasteiger partial charge in [-0.1, -0.05) is 74.5 Å². The summed E-state index contributed by atoms with van der Waals surface area (Å²) < 4.78 is 0. The van der Waals surface area contributed by atoms with Gasteiger partial charge >= 0.3 is 0 Å². The second kappa shape index (κ2) is 9.32. The van der Waals surface area contributed by atoms with E-state index >= 15 is 0 Å². The Labute approximate surface area is 238 Å². The summed E-state index contributed by atoms with van der Waals surface area (Å²) in [5.41, 5.74) is 9.03. The number of rotatable bonds is 3. The van der Waals surface area contributed by atoms with Crippen molar-refractivity contribution in [3.8, 4) is 34.2 Å². The van der Waals surface area contributed by atoms with E-state index < -0.39 is 0 Å². The summed E-state index contributed by atoms with van der Waals surface area (Å²) in [6.07, 6.45) is 1.87. The van der Waals surface area contributed by atoms with Gasteiger partial charge in [-0.15, -0.1) is 0 Å². The van der Waals surface area contributed by atoms with E-state index in [-0.39, 0.29) is 11.2 Å². The molecule has 5 heteroatoms. The van der Waals surface area contributed by atoms with Crippen LogP contribution in [0.5, 0.6) is 5.75 Å². The molecule has 41 heavy (non-hydrogen) atoms. The molecule has 7 rings (SSSR count). The molecular formula is C36H26N4O. The molecule has 5 nitrogen and oxygen atoms in total. The largest absolute Gasteiger partial charge is 0.506 e. The number of pyridine rings is 2. The predicted molar refractivity (Wildman–Crippen MR) is 164 cm³/mol. The zero-order valence-electron chi connectivity index (χ0n) is 22.7. The van der Waals surface area contributed by atoms with Gasteiger partial charge in [-0.2, -0.15) is 5.26 Å². The quantitative estimate of drug-likeness (QED) is 0.248. The molecule has 0 fully saturated rings. The first-order chi connectivity index (χ1) is 20.0. The number of phenols is 1. The van der Waals surface area contributed by atoms with Crippen molar-refractivity contribution in [2.75, 3.05) is 4.90 Å². The third kappa shape index (κ3) is 3.92. The van der Waals surface area contributed by atoms with Gasteiger partial charge < -0.3 is 5.11 Å². The molecule has 0 spiro atoms. The molecule has 196 valence electrons. The molecule has 1 N–H and O–H groups in total. The normalized spacial score (nSPS) is 13.3. The van der Waals surface area contributed by atoms with Crippen LogP contribution in [0.15, 0.2) is 115 Å². The Kier molecular flexibility index (Phi) is 5.58. The van der Waals surface area contributed by atoms with Crippen molar-refractivity contribution < 1.29 is 5.11 Å². The molecule has 0 amide bonds. The number of fused-ring (bicyclic) bond motifs is 3. The summed E-state index contributed by atoms with van der Waals surface area (Å²) in [4.78, 5) is 11.9. The van der Waals surface area contributed by atoms with Gasteiger partial charge in [0.2, 0.25) is 0 Å². The summed E-state index contributed by atoms with van der Waals surface area (Å²) in [6, 6.07) is 38.5. The van der Waals surface area contributed by atoms with Crippen molar-refractivity contribution in [3.63, 3.8) is 0 Å². The number of nitrogens with zero attached hydrogens (tertiary/aromatic N) is 4. The summed E-state index contributed by atoms with van der Waals surface area (Å²) in [7, 11) is 0. The van der Waals surface area contributed by atoms with Gasteiger partial charge in [-0.25, -0.2) is 9.97 Å². The maximum atomic E-state index is 10.6. The number of benzene rings is 4. The van der Waals surface area contributed by atoms with Crippen LogP contribution in [0.25, 0.3) is 33.3 Å². The standard InChI is InChI=1S/C36H26N4O/c1-36(2)28-10-6-7-11-31(28)40(34-21-24(18-19-38-34)23-8-4-3-5-9-23)32-20-25(12-15-29(32)36)30-16-14-27-26(22-37)13-17-33(41)35(27)39-30/h3-21,41H,1-2H3. The number of phenolic OH excluding ortho intramolecular Hbond substituents is 1. The van der Waals surface area contributed by atoms with E-state index in [1.807, 2.05) is 42.6 Å². The van der Waals surface area contributed by atoms with E-state index in [0.717, 1.165) is 33.9 Å². The van der Waals surface area contributed by atoms with Crippen LogP contribution in [0, 0.1) is 11.3 Å². The smallest absolute Gasteiger partial charge is 0.141 e. The molecule has 6 aromatic rings. The number of aromatic nitrogens is 2. The number of nitriles is 1. The molecular weight excluding hydrogens is 504 g/mol. The van der Waals surface area contributed by atoms with Crippen molar-refractivity contribution >= 4 is 28.1 Å². The summed E-state index contributed by atoms with van der Waals surface area (Å²) >= 11 is 0. The first-order valence-corrected chi connectivity index (χ1v) is 13.5. The van der Waals surface area contributed by atoms with Crippen molar-refractivity contribution in [2.24, 2.45) is 0 Å². The first-order valence-electron chi connectivity index (χ1n) is 13.5. The van der Waals surface area contributed by atoms with Crippen molar-refractivity contribution in [1.82, 2.24) is 9.97 Å². The second-order valence-electron chi connectivity index (χ2n) is 10.8. The highest BCUT2D eigenvalue weighted by Crippen LogP contribution is 2.52. The van der Waals surface area contributed by atoms with E-state index in [1.165, 1.54) is 17.2 Å². The average Bonchev–Trinajstić information content (AvgIpc) is 3.02. The lowest BCUT2D eigenvalue weighted by Gasteiger charge is -2.41. The molecule has 0 radical (unpaired) electrons. The van der Waals surface area contributed by atoms with Crippen LogP contribution < -0.4 is 4.90 Å². The maximum Gasteiger partial charge on any atom is 0.141 e. The minimum Gasteiger partial charge on any atom is -0.506 e. The summed E-state index contributed by atoms with van der Waals surface area (Å²) in [5, 5.41) is 20.7. The minimum absolute atomic E-state index is 0.0532.